The van der Waals surface area contributed by atoms with Crippen molar-refractivity contribution < 1.29 is 22.8 Å². The van der Waals surface area contributed by atoms with Crippen LogP contribution in [0.1, 0.15) is 19.3 Å². The lowest BCUT2D eigenvalue weighted by atomic mass is 10.1. The second kappa shape index (κ2) is 8.64. The molecule has 3 aliphatic rings. The number of carbonyl (C=O) groups is 3. The van der Waals surface area contributed by atoms with Gasteiger partial charge in [0.25, 0.3) is 10.0 Å². The van der Waals surface area contributed by atoms with Gasteiger partial charge in [-0.25, -0.2) is 13.4 Å². The van der Waals surface area contributed by atoms with E-state index in [1.54, 1.807) is 17.0 Å². The lowest BCUT2D eigenvalue weighted by Crippen LogP contribution is -2.47. The zero-order valence-electron chi connectivity index (χ0n) is 17.5. The van der Waals surface area contributed by atoms with Crippen molar-refractivity contribution in [1.29, 1.82) is 0 Å². The first-order chi connectivity index (χ1) is 14.8. The molecule has 1 aromatic heterocycles. The summed E-state index contributed by atoms with van der Waals surface area (Å²) in [7, 11) is -1.92. The van der Waals surface area contributed by atoms with Crippen LogP contribution in [-0.4, -0.2) is 108 Å². The van der Waals surface area contributed by atoms with E-state index in [9.17, 15) is 22.8 Å². The van der Waals surface area contributed by atoms with Crippen LogP contribution in [0.2, 0.25) is 0 Å². The molecule has 2 unspecified atom stereocenters. The van der Waals surface area contributed by atoms with Gasteiger partial charge in [0.2, 0.25) is 11.8 Å². The number of aromatic nitrogens is 1. The number of Topliss-reactive ketones (excluding diaryl/α,β-unsaturated/α-hetero) is 1. The van der Waals surface area contributed by atoms with Crippen molar-refractivity contribution >= 4 is 27.6 Å². The Hall–Kier alpha value is -2.37. The van der Waals surface area contributed by atoms with Crippen molar-refractivity contribution in [2.24, 2.45) is 0 Å². The first-order valence-corrected chi connectivity index (χ1v) is 11.9. The monoisotopic (exact) mass is 449 g/mol. The van der Waals surface area contributed by atoms with E-state index in [1.807, 2.05) is 7.05 Å². The first kappa shape index (κ1) is 21.8. The van der Waals surface area contributed by atoms with Gasteiger partial charge >= 0.3 is 0 Å². The van der Waals surface area contributed by atoms with Gasteiger partial charge in [-0.3, -0.25) is 14.4 Å². The average Bonchev–Trinajstić information content (AvgIpc) is 3.34. The van der Waals surface area contributed by atoms with Crippen molar-refractivity contribution in [2.45, 2.75) is 36.4 Å². The molecule has 3 fully saturated rings. The van der Waals surface area contributed by atoms with Crippen LogP contribution in [0.25, 0.3) is 0 Å². The Morgan fingerprint density at radius 1 is 1.06 bits per heavy atom. The van der Waals surface area contributed by atoms with Crippen LogP contribution in [0.15, 0.2) is 29.4 Å². The van der Waals surface area contributed by atoms with Gasteiger partial charge in [0, 0.05) is 51.8 Å². The maximum Gasteiger partial charge on any atom is 0.261 e. The van der Waals surface area contributed by atoms with E-state index in [0.29, 0.717) is 26.1 Å². The van der Waals surface area contributed by atoms with Crippen molar-refractivity contribution in [3.8, 4) is 0 Å². The summed E-state index contributed by atoms with van der Waals surface area (Å²) in [5.41, 5.74) is 0. The summed E-state index contributed by atoms with van der Waals surface area (Å²) < 4.78 is 27.1. The van der Waals surface area contributed by atoms with E-state index in [2.05, 4.69) is 9.88 Å². The third kappa shape index (κ3) is 4.21. The van der Waals surface area contributed by atoms with Crippen molar-refractivity contribution in [3.63, 3.8) is 0 Å². The molecule has 0 radical (unpaired) electrons. The number of amides is 2. The van der Waals surface area contributed by atoms with Gasteiger partial charge in [0.15, 0.2) is 10.8 Å². The largest absolute Gasteiger partial charge is 0.340 e. The number of hydrogen-bond acceptors (Lipinski definition) is 7. The topological polar surface area (TPSA) is 111 Å². The Morgan fingerprint density at radius 2 is 1.77 bits per heavy atom. The van der Waals surface area contributed by atoms with Crippen LogP contribution in [0, 0.1) is 0 Å². The van der Waals surface area contributed by atoms with E-state index in [-0.39, 0.29) is 42.0 Å². The van der Waals surface area contributed by atoms with Crippen LogP contribution in [-0.2, 0) is 24.4 Å². The maximum atomic E-state index is 13.0. The van der Waals surface area contributed by atoms with Gasteiger partial charge in [-0.15, -0.1) is 0 Å². The minimum absolute atomic E-state index is 0.0225. The Labute approximate surface area is 181 Å². The van der Waals surface area contributed by atoms with Gasteiger partial charge in [-0.05, 0) is 25.6 Å². The van der Waals surface area contributed by atoms with E-state index in [4.69, 9.17) is 0 Å². The lowest BCUT2D eigenvalue weighted by molar-refractivity contribution is -0.139. The summed E-state index contributed by atoms with van der Waals surface area (Å²) in [6.07, 6.45) is 1.90. The standard InChI is InChI=1S/C20H27N5O5S/c1-22-10-12-23(13-11-22)18(27)5-6-19(28)24-9-7-15-20(24)16(26)14-25(15)31(29,30)17-4-2-3-8-21-17/h2-4,8,15,20H,5-7,9-14H2,1H3. The summed E-state index contributed by atoms with van der Waals surface area (Å²) in [6, 6.07) is 3.23. The maximum absolute atomic E-state index is 13.0. The number of sulfonamides is 1. The molecule has 2 amide bonds. The number of fused-ring (bicyclic) bond motifs is 1. The Kier molecular flexibility index (Phi) is 6.09. The quantitative estimate of drug-likeness (QED) is 0.577. The average molecular weight is 450 g/mol. The molecule has 10 nitrogen and oxygen atoms in total. The molecule has 0 aromatic carbocycles. The predicted molar refractivity (Wildman–Crippen MR) is 110 cm³/mol. The van der Waals surface area contributed by atoms with Crippen LogP contribution >= 0.6 is 0 Å². The number of rotatable bonds is 5. The van der Waals surface area contributed by atoms with Crippen LogP contribution in [0.5, 0.6) is 0 Å². The Balaban J connectivity index is 1.39. The number of likely N-dealkylation sites (tertiary alicyclic amines) is 1. The first-order valence-electron chi connectivity index (χ1n) is 10.5. The van der Waals surface area contributed by atoms with E-state index < -0.39 is 22.1 Å². The molecule has 0 spiro atoms. The number of likely N-dealkylation sites (N-methyl/N-ethyl adjacent to an activating group) is 1. The molecule has 4 rings (SSSR count). The molecule has 3 aliphatic heterocycles. The van der Waals surface area contributed by atoms with Gasteiger partial charge in [-0.1, -0.05) is 6.07 Å². The molecule has 0 N–H and O–H groups in total. The van der Waals surface area contributed by atoms with Gasteiger partial charge < -0.3 is 14.7 Å². The molecule has 0 aliphatic carbocycles. The molecule has 4 heterocycles. The second-order valence-electron chi connectivity index (χ2n) is 8.26. The zero-order valence-corrected chi connectivity index (χ0v) is 18.3. The molecular weight excluding hydrogens is 422 g/mol. The third-order valence-corrected chi connectivity index (χ3v) is 8.10. The Morgan fingerprint density at radius 3 is 2.45 bits per heavy atom. The van der Waals surface area contributed by atoms with Crippen molar-refractivity contribution in [1.82, 2.24) is 24.0 Å². The SMILES string of the molecule is CN1CCN(C(=O)CCC(=O)N2CCC3C2C(=O)CN3S(=O)(=O)c2ccccn2)CC1. The van der Waals surface area contributed by atoms with Crippen molar-refractivity contribution in [3.05, 3.63) is 24.4 Å². The Bertz CT molecular complexity index is 961. The highest BCUT2D eigenvalue weighted by Crippen LogP contribution is 2.33. The van der Waals surface area contributed by atoms with Gasteiger partial charge in [0.05, 0.1) is 12.6 Å². The second-order valence-corrected chi connectivity index (χ2v) is 10.1. The summed E-state index contributed by atoms with van der Waals surface area (Å²) in [5.74, 6) is -0.629. The molecule has 2 atom stereocenters. The summed E-state index contributed by atoms with van der Waals surface area (Å²) >= 11 is 0. The molecular formula is C20H27N5O5S. The fourth-order valence-corrected chi connectivity index (χ4v) is 6.12. The highest BCUT2D eigenvalue weighted by molar-refractivity contribution is 7.89. The molecule has 0 saturated carbocycles. The third-order valence-electron chi connectivity index (χ3n) is 6.32. The lowest BCUT2D eigenvalue weighted by Gasteiger charge is -2.32. The number of nitrogens with zero attached hydrogens (tertiary/aromatic N) is 5. The normalized spacial score (nSPS) is 25.1. The fourth-order valence-electron chi connectivity index (χ4n) is 4.56. The fraction of sp³-hybridized carbons (Fsp3) is 0.600. The molecule has 168 valence electrons. The summed E-state index contributed by atoms with van der Waals surface area (Å²) in [5, 5.41) is -0.106. The molecule has 1 aromatic rings. The number of carbonyl (C=O) groups excluding carboxylic acids is 3. The van der Waals surface area contributed by atoms with Crippen LogP contribution in [0.3, 0.4) is 0 Å². The molecule has 0 bridgehead atoms. The highest BCUT2D eigenvalue weighted by atomic mass is 32.2. The zero-order chi connectivity index (χ0) is 22.2. The minimum atomic E-state index is -3.92. The number of piperazine rings is 1. The smallest absolute Gasteiger partial charge is 0.261 e. The number of ketones is 1. The van der Waals surface area contributed by atoms with Crippen LogP contribution in [0.4, 0.5) is 0 Å². The highest BCUT2D eigenvalue weighted by Gasteiger charge is 2.53. The number of hydrogen-bond donors (Lipinski definition) is 0. The van der Waals surface area contributed by atoms with Gasteiger partial charge in [-0.2, -0.15) is 4.31 Å². The minimum Gasteiger partial charge on any atom is -0.340 e. The van der Waals surface area contributed by atoms with Crippen LogP contribution < -0.4 is 0 Å². The predicted octanol–water partition coefficient (Wildman–Crippen LogP) is -0.821. The number of pyridine rings is 1. The molecule has 11 heteroatoms. The summed E-state index contributed by atoms with van der Waals surface area (Å²) in [6.45, 7) is 2.96. The van der Waals surface area contributed by atoms with Crippen molar-refractivity contribution in [2.75, 3.05) is 46.3 Å². The van der Waals surface area contributed by atoms with Gasteiger partial charge in [0.1, 0.15) is 6.04 Å². The molecule has 3 saturated heterocycles. The van der Waals surface area contributed by atoms with E-state index in [1.165, 1.54) is 21.5 Å². The molecule has 31 heavy (non-hydrogen) atoms. The van der Waals surface area contributed by atoms with E-state index >= 15 is 0 Å². The summed E-state index contributed by atoms with van der Waals surface area (Å²) in [4.78, 5) is 47.2. The van der Waals surface area contributed by atoms with E-state index in [0.717, 1.165) is 13.1 Å².